The van der Waals surface area contributed by atoms with Crippen LogP contribution in [0.3, 0.4) is 0 Å². The fourth-order valence-corrected chi connectivity index (χ4v) is 3.76. The van der Waals surface area contributed by atoms with Crippen molar-refractivity contribution in [3.05, 3.63) is 47.3 Å². The van der Waals surface area contributed by atoms with Gasteiger partial charge in [-0.05, 0) is 36.2 Å². The number of fused-ring (bicyclic) bond motifs is 2. The second-order valence-electron chi connectivity index (χ2n) is 7.21. The van der Waals surface area contributed by atoms with Gasteiger partial charge in [0.05, 0.1) is 23.8 Å². The molecule has 29 heavy (non-hydrogen) atoms. The van der Waals surface area contributed by atoms with Gasteiger partial charge in [0.15, 0.2) is 6.61 Å². The third-order valence-corrected chi connectivity index (χ3v) is 5.11. The third kappa shape index (κ3) is 3.83. The average Bonchev–Trinajstić information content (AvgIpc) is 2.69. The Morgan fingerprint density at radius 3 is 2.93 bits per heavy atom. The molecule has 1 atom stereocenters. The van der Waals surface area contributed by atoms with Crippen LogP contribution in [0.5, 0.6) is 11.5 Å². The van der Waals surface area contributed by atoms with Crippen LogP contribution in [0, 0.1) is 12.7 Å². The van der Waals surface area contributed by atoms with Gasteiger partial charge in [-0.15, -0.1) is 0 Å². The van der Waals surface area contributed by atoms with Crippen molar-refractivity contribution in [1.82, 2.24) is 5.32 Å². The molecule has 2 heterocycles. The third-order valence-electron chi connectivity index (χ3n) is 5.11. The smallest absolute Gasteiger partial charge is 0.262 e. The highest BCUT2D eigenvalue weighted by atomic mass is 19.1. The number of nitrogens with one attached hydrogen (secondary N) is 2. The lowest BCUT2D eigenvalue weighted by Gasteiger charge is -2.38. The molecule has 0 bridgehead atoms. The fraction of sp³-hybridized carbons (Fsp3) is 0.333. The van der Waals surface area contributed by atoms with E-state index < -0.39 is 0 Å². The van der Waals surface area contributed by atoms with Gasteiger partial charge in [0, 0.05) is 19.7 Å². The number of amides is 2. The van der Waals surface area contributed by atoms with Crippen LogP contribution < -0.4 is 25.0 Å². The molecule has 0 aliphatic carbocycles. The molecule has 152 valence electrons. The minimum Gasteiger partial charge on any atom is -0.489 e. The van der Waals surface area contributed by atoms with E-state index in [1.54, 1.807) is 13.1 Å². The molecular weight excluding hydrogens is 377 g/mol. The largest absolute Gasteiger partial charge is 0.489 e. The van der Waals surface area contributed by atoms with Crippen molar-refractivity contribution in [3.63, 3.8) is 0 Å². The number of benzene rings is 2. The summed E-state index contributed by atoms with van der Waals surface area (Å²) < 4.78 is 24.9. The van der Waals surface area contributed by atoms with Crippen LogP contribution in [0.2, 0.25) is 0 Å². The van der Waals surface area contributed by atoms with E-state index in [2.05, 4.69) is 10.6 Å². The zero-order chi connectivity index (χ0) is 20.5. The number of hydrogen-bond acceptors (Lipinski definition) is 5. The summed E-state index contributed by atoms with van der Waals surface area (Å²) in [6.45, 7) is 2.66. The maximum Gasteiger partial charge on any atom is 0.262 e. The summed E-state index contributed by atoms with van der Waals surface area (Å²) in [5.41, 5.74) is 3.20. The number of ether oxygens (including phenoxy) is 2. The van der Waals surface area contributed by atoms with Gasteiger partial charge in [0.2, 0.25) is 5.91 Å². The van der Waals surface area contributed by atoms with E-state index in [-0.39, 0.29) is 43.3 Å². The first-order chi connectivity index (χ1) is 13.9. The van der Waals surface area contributed by atoms with Crippen LogP contribution in [-0.2, 0) is 16.1 Å². The van der Waals surface area contributed by atoms with Gasteiger partial charge in [0.25, 0.3) is 5.91 Å². The lowest BCUT2D eigenvalue weighted by Crippen LogP contribution is -2.45. The molecule has 0 unspecified atom stereocenters. The van der Waals surface area contributed by atoms with E-state index >= 15 is 0 Å². The van der Waals surface area contributed by atoms with Gasteiger partial charge < -0.3 is 25.0 Å². The number of carbonyl (C=O) groups is 2. The molecule has 2 aromatic carbocycles. The molecular formula is C21H22FN3O4. The molecule has 0 saturated heterocycles. The van der Waals surface area contributed by atoms with Crippen molar-refractivity contribution in [3.8, 4) is 11.5 Å². The van der Waals surface area contributed by atoms with E-state index in [0.29, 0.717) is 23.7 Å². The summed E-state index contributed by atoms with van der Waals surface area (Å²) in [4.78, 5) is 25.7. The number of rotatable bonds is 4. The summed E-state index contributed by atoms with van der Waals surface area (Å²) in [5.74, 6) is 0.442. The average molecular weight is 399 g/mol. The van der Waals surface area contributed by atoms with E-state index in [4.69, 9.17) is 9.47 Å². The Bertz CT molecular complexity index is 979. The Morgan fingerprint density at radius 1 is 1.31 bits per heavy atom. The maximum absolute atomic E-state index is 13.7. The molecule has 0 fully saturated rings. The van der Waals surface area contributed by atoms with E-state index in [1.807, 2.05) is 24.0 Å². The summed E-state index contributed by atoms with van der Waals surface area (Å²) in [6, 6.07) is 8.04. The Morgan fingerprint density at radius 2 is 2.14 bits per heavy atom. The molecule has 0 aromatic heterocycles. The van der Waals surface area contributed by atoms with Crippen molar-refractivity contribution in [2.45, 2.75) is 25.9 Å². The number of hydrogen-bond donors (Lipinski definition) is 2. The number of anilines is 2. The van der Waals surface area contributed by atoms with E-state index in [0.717, 1.165) is 16.8 Å². The number of carbonyl (C=O) groups excluding carboxylic acids is 2. The highest BCUT2D eigenvalue weighted by Crippen LogP contribution is 2.38. The first-order valence-corrected chi connectivity index (χ1v) is 9.40. The van der Waals surface area contributed by atoms with Gasteiger partial charge in [-0.3, -0.25) is 9.59 Å². The molecule has 4 rings (SSSR count). The van der Waals surface area contributed by atoms with Gasteiger partial charge in [-0.25, -0.2) is 4.39 Å². The first kappa shape index (κ1) is 19.0. The van der Waals surface area contributed by atoms with Crippen molar-refractivity contribution < 1.29 is 23.5 Å². The Hall–Kier alpha value is -3.29. The summed E-state index contributed by atoms with van der Waals surface area (Å²) in [5, 5.41) is 5.48. The van der Waals surface area contributed by atoms with Crippen molar-refractivity contribution in [1.29, 1.82) is 0 Å². The molecule has 2 aliphatic heterocycles. The number of aryl methyl sites for hydroxylation is 1. The summed E-state index contributed by atoms with van der Waals surface area (Å²) >= 11 is 0. The van der Waals surface area contributed by atoms with Gasteiger partial charge in [-0.2, -0.15) is 0 Å². The standard InChI is InChI=1S/C21H22FN3O4/c1-12-5-13(6-16-21(12)29-11-20(27)24-16)9-25-15(8-19(26)23-2)10-28-18-7-14(22)3-4-17(18)25/h3-7,15H,8-11H2,1-2H3,(H,23,26)(H,24,27)/t15-/m0/s1. The Balaban J connectivity index is 1.69. The molecule has 0 saturated carbocycles. The number of nitrogens with zero attached hydrogens (tertiary/aromatic N) is 1. The second-order valence-corrected chi connectivity index (χ2v) is 7.21. The van der Waals surface area contributed by atoms with Gasteiger partial charge >= 0.3 is 0 Å². The van der Waals surface area contributed by atoms with Crippen LogP contribution in [0.4, 0.5) is 15.8 Å². The van der Waals surface area contributed by atoms with Crippen LogP contribution in [-0.4, -0.2) is 38.1 Å². The molecule has 0 spiro atoms. The molecule has 8 heteroatoms. The Labute approximate surface area is 167 Å². The van der Waals surface area contributed by atoms with E-state index in [1.165, 1.54) is 12.1 Å². The molecule has 2 aliphatic rings. The van der Waals surface area contributed by atoms with Crippen LogP contribution in [0.1, 0.15) is 17.5 Å². The lowest BCUT2D eigenvalue weighted by molar-refractivity contribution is -0.121. The molecule has 2 aromatic rings. The molecule has 0 radical (unpaired) electrons. The number of halogens is 1. The predicted molar refractivity (Wildman–Crippen MR) is 106 cm³/mol. The zero-order valence-electron chi connectivity index (χ0n) is 16.3. The molecule has 7 nitrogen and oxygen atoms in total. The first-order valence-electron chi connectivity index (χ1n) is 9.40. The summed E-state index contributed by atoms with van der Waals surface area (Å²) in [6.07, 6.45) is 0.247. The van der Waals surface area contributed by atoms with Crippen molar-refractivity contribution in [2.24, 2.45) is 0 Å². The highest BCUT2D eigenvalue weighted by Gasteiger charge is 2.30. The van der Waals surface area contributed by atoms with Crippen molar-refractivity contribution in [2.75, 3.05) is 30.5 Å². The maximum atomic E-state index is 13.7. The topological polar surface area (TPSA) is 79.9 Å². The quantitative estimate of drug-likeness (QED) is 0.825. The van der Waals surface area contributed by atoms with Crippen molar-refractivity contribution >= 4 is 23.2 Å². The SMILES string of the molecule is CNC(=O)C[C@H]1COc2cc(F)ccc2N1Cc1cc(C)c2c(c1)NC(=O)CO2. The molecule has 2 N–H and O–H groups in total. The summed E-state index contributed by atoms with van der Waals surface area (Å²) in [7, 11) is 1.59. The minimum absolute atomic E-state index is 0.00376. The van der Waals surface area contributed by atoms with Gasteiger partial charge in [0.1, 0.15) is 23.9 Å². The highest BCUT2D eigenvalue weighted by molar-refractivity contribution is 5.95. The van der Waals surface area contributed by atoms with E-state index in [9.17, 15) is 14.0 Å². The minimum atomic E-state index is -0.377. The van der Waals surface area contributed by atoms with Crippen LogP contribution >= 0.6 is 0 Å². The Kier molecular flexibility index (Phi) is 5.00. The van der Waals surface area contributed by atoms with Crippen LogP contribution in [0.15, 0.2) is 30.3 Å². The fourth-order valence-electron chi connectivity index (χ4n) is 3.76. The predicted octanol–water partition coefficient (Wildman–Crippen LogP) is 2.37. The zero-order valence-corrected chi connectivity index (χ0v) is 16.3. The lowest BCUT2D eigenvalue weighted by atomic mass is 10.0. The molecule has 2 amide bonds. The normalized spacial score (nSPS) is 17.4. The monoisotopic (exact) mass is 399 g/mol. The van der Waals surface area contributed by atoms with Gasteiger partial charge in [-0.1, -0.05) is 6.07 Å². The van der Waals surface area contributed by atoms with Crippen LogP contribution in [0.25, 0.3) is 0 Å². The second kappa shape index (κ2) is 7.62.